The Bertz CT molecular complexity index is 1960. The molecule has 61 heavy (non-hydrogen) atoms. The van der Waals surface area contributed by atoms with Gasteiger partial charge in [-0.25, -0.2) is 4.79 Å². The van der Waals surface area contributed by atoms with Crippen LogP contribution in [0.1, 0.15) is 94.1 Å². The Morgan fingerprint density at radius 2 is 1.77 bits per heavy atom. The molecule has 6 rings (SSSR count). The number of benzene rings is 2. The van der Waals surface area contributed by atoms with Crippen molar-refractivity contribution in [3.8, 4) is 11.5 Å². The van der Waals surface area contributed by atoms with Crippen molar-refractivity contribution < 1.29 is 43.5 Å². The summed E-state index contributed by atoms with van der Waals surface area (Å²) in [5.41, 5.74) is 4.83. The molecule has 0 saturated heterocycles. The highest BCUT2D eigenvalue weighted by Gasteiger charge is 2.65. The number of nitrogens with zero attached hydrogens (tertiary/aromatic N) is 3. The Kier molecular flexibility index (Phi) is 16.0. The van der Waals surface area contributed by atoms with E-state index >= 15 is 0 Å². The third-order valence-corrected chi connectivity index (χ3v) is 11.7. The van der Waals surface area contributed by atoms with E-state index in [1.807, 2.05) is 88.4 Å². The second kappa shape index (κ2) is 21.4. The van der Waals surface area contributed by atoms with Crippen molar-refractivity contribution in [2.75, 3.05) is 40.1 Å². The predicted octanol–water partition coefficient (Wildman–Crippen LogP) is 8.69. The third kappa shape index (κ3) is 11.4. The topological polar surface area (TPSA) is 141 Å². The Morgan fingerprint density at radius 1 is 1.00 bits per heavy atom. The van der Waals surface area contributed by atoms with E-state index in [0.29, 0.717) is 43.3 Å². The highest BCUT2D eigenvalue weighted by molar-refractivity contribution is 6.03. The summed E-state index contributed by atoms with van der Waals surface area (Å²) in [7, 11) is 1.72. The van der Waals surface area contributed by atoms with E-state index in [-0.39, 0.29) is 57.2 Å². The molecule has 0 unspecified atom stereocenters. The van der Waals surface area contributed by atoms with Gasteiger partial charge in [-0.2, -0.15) is 0 Å². The first-order valence-corrected chi connectivity index (χ1v) is 21.8. The number of rotatable bonds is 21. The number of hydrogen-bond donors (Lipinski definition) is 2. The van der Waals surface area contributed by atoms with Crippen LogP contribution in [-0.2, 0) is 32.3 Å². The fourth-order valence-electron chi connectivity index (χ4n) is 9.03. The van der Waals surface area contributed by atoms with Gasteiger partial charge < -0.3 is 43.6 Å². The van der Waals surface area contributed by atoms with E-state index in [1.54, 1.807) is 18.0 Å². The van der Waals surface area contributed by atoms with Crippen LogP contribution in [0.5, 0.6) is 11.5 Å². The molecule has 0 spiro atoms. The molecule has 3 aromatic rings. The van der Waals surface area contributed by atoms with Gasteiger partial charge in [-0.1, -0.05) is 66.5 Å². The van der Waals surface area contributed by atoms with E-state index in [0.717, 1.165) is 53.8 Å². The summed E-state index contributed by atoms with van der Waals surface area (Å²) >= 11 is 0. The van der Waals surface area contributed by atoms with Crippen LogP contribution >= 0.6 is 0 Å². The molecule has 0 radical (unpaired) electrons. The van der Waals surface area contributed by atoms with E-state index < -0.39 is 29.4 Å². The first-order chi connectivity index (χ1) is 29.5. The van der Waals surface area contributed by atoms with Crippen LogP contribution in [-0.4, -0.2) is 89.4 Å². The summed E-state index contributed by atoms with van der Waals surface area (Å²) in [5.74, 6) is -0.543. The highest BCUT2D eigenvalue weighted by Crippen LogP contribution is 2.62. The van der Waals surface area contributed by atoms with Crippen molar-refractivity contribution >= 4 is 11.8 Å². The van der Waals surface area contributed by atoms with Gasteiger partial charge in [0.1, 0.15) is 36.4 Å². The van der Waals surface area contributed by atoms with Crippen molar-refractivity contribution in [3.05, 3.63) is 114 Å². The van der Waals surface area contributed by atoms with Crippen LogP contribution in [0.25, 0.3) is 0 Å². The molecule has 330 valence electrons. The van der Waals surface area contributed by atoms with E-state index in [9.17, 15) is 15.0 Å². The smallest absolute Gasteiger partial charge is 0.410 e. The number of aliphatic hydroxyl groups is 2. The third-order valence-electron chi connectivity index (χ3n) is 11.7. The molecule has 1 aliphatic heterocycles. The first-order valence-electron chi connectivity index (χ1n) is 21.8. The summed E-state index contributed by atoms with van der Waals surface area (Å²) in [6, 6.07) is 21.0. The quantitative estimate of drug-likeness (QED) is 0.0608. The van der Waals surface area contributed by atoms with Crippen LogP contribution in [0.4, 0.5) is 4.79 Å². The zero-order chi connectivity index (χ0) is 43.4. The van der Waals surface area contributed by atoms with E-state index in [2.05, 4.69) is 23.7 Å². The lowest BCUT2D eigenvalue weighted by Crippen LogP contribution is -2.69. The maximum atomic E-state index is 14.1. The zero-order valence-corrected chi connectivity index (χ0v) is 36.6. The summed E-state index contributed by atoms with van der Waals surface area (Å²) in [6.07, 6.45) is 8.42. The van der Waals surface area contributed by atoms with Crippen LogP contribution in [0.2, 0.25) is 0 Å². The minimum Gasteiger partial charge on any atom is -0.487 e. The molecular weight excluding hydrogens is 775 g/mol. The number of aromatic nitrogens is 1. The molecule has 3 aliphatic rings. The molecule has 1 fully saturated rings. The summed E-state index contributed by atoms with van der Waals surface area (Å²) in [6.45, 7) is 13.2. The lowest BCUT2D eigenvalue weighted by Gasteiger charge is -2.59. The molecule has 2 heterocycles. The molecular formula is C49H65N3O9. The molecule has 1 saturated carbocycles. The van der Waals surface area contributed by atoms with Crippen LogP contribution < -0.4 is 9.47 Å². The number of amides is 1. The normalized spacial score (nSPS) is 23.6. The number of oxime groups is 1. The van der Waals surface area contributed by atoms with Crippen molar-refractivity contribution in [3.63, 3.8) is 0 Å². The van der Waals surface area contributed by atoms with Crippen LogP contribution in [0, 0.1) is 24.7 Å². The summed E-state index contributed by atoms with van der Waals surface area (Å²) < 4.78 is 32.3. The number of carbonyl (C=O) groups is 1. The number of carbonyl (C=O) groups excluding carboxylic acids is 1. The van der Waals surface area contributed by atoms with E-state index in [4.69, 9.17) is 33.7 Å². The fraction of sp³-hybridized carbons (Fsp3) is 0.531. The zero-order valence-electron chi connectivity index (χ0n) is 36.6. The lowest BCUT2D eigenvalue weighted by molar-refractivity contribution is -0.253. The number of pyridine rings is 1. The van der Waals surface area contributed by atoms with Gasteiger partial charge in [-0.3, -0.25) is 4.98 Å². The maximum absolute atomic E-state index is 14.1. The molecule has 12 heteroatoms. The highest BCUT2D eigenvalue weighted by atomic mass is 16.7. The molecule has 6 atom stereocenters. The fourth-order valence-corrected chi connectivity index (χ4v) is 9.03. The van der Waals surface area contributed by atoms with Gasteiger partial charge >= 0.3 is 6.09 Å². The van der Waals surface area contributed by atoms with E-state index in [1.165, 1.54) is 0 Å². The maximum Gasteiger partial charge on any atom is 0.410 e. The van der Waals surface area contributed by atoms with Crippen molar-refractivity contribution in [2.24, 2.45) is 22.9 Å². The molecule has 2 aromatic carbocycles. The van der Waals surface area contributed by atoms with Gasteiger partial charge in [0.25, 0.3) is 0 Å². The number of likely N-dealkylation sites (N-methyl/N-ethyl adjacent to an activating group) is 1. The van der Waals surface area contributed by atoms with Gasteiger partial charge in [0, 0.05) is 43.9 Å². The summed E-state index contributed by atoms with van der Waals surface area (Å²) in [5, 5.41) is 24.7. The number of allylic oxidation sites excluding steroid dienone is 1. The minimum atomic E-state index is -1.39. The monoisotopic (exact) mass is 839 g/mol. The average Bonchev–Trinajstić information content (AvgIpc) is 3.25. The van der Waals surface area contributed by atoms with Crippen LogP contribution in [0.15, 0.2) is 96.2 Å². The number of hydrogen-bond acceptors (Lipinski definition) is 11. The second-order valence-electron chi connectivity index (χ2n) is 17.3. The van der Waals surface area contributed by atoms with Crippen LogP contribution in [0.3, 0.4) is 0 Å². The molecule has 1 aromatic heterocycles. The van der Waals surface area contributed by atoms with Gasteiger partial charge in [0.15, 0.2) is 0 Å². The van der Waals surface area contributed by atoms with Gasteiger partial charge in [0.05, 0.1) is 37.1 Å². The Morgan fingerprint density at radius 3 is 2.49 bits per heavy atom. The van der Waals surface area contributed by atoms with Crippen molar-refractivity contribution in [1.82, 2.24) is 9.88 Å². The van der Waals surface area contributed by atoms with Gasteiger partial charge in [-0.15, -0.1) is 6.58 Å². The average molecular weight is 840 g/mol. The first kappa shape index (κ1) is 45.8. The standard InChI is InChI=1S/C49H65N3O9/c1-7-26-59-49-44(52(6)47(55)57-28-27-56-32-35-17-9-8-10-18-35)31-42(51-61-48(3,4)5)40-29-36(19-11-13-24-53)39(21-12-14-25-54)45(46(40)49)41-30-38(22-23-43(41)60-49)58-33-37-20-15-16-34(2)50-37/h7-10,15-18,20,22-23,29-30,36,39,44-46,53-54H,1,11-14,19,21,24-28,31-33H2,2-6H3/t36-,39+,44-,45+,46+,49+/m0/s1. The molecule has 2 N–H and O–H groups in total. The number of unbranched alkanes of at least 4 members (excludes halogenated alkanes) is 2. The van der Waals surface area contributed by atoms with Crippen molar-refractivity contribution in [1.29, 1.82) is 0 Å². The molecule has 12 nitrogen and oxygen atoms in total. The Hall–Kier alpha value is -4.75. The number of aliphatic hydroxyl groups excluding tert-OH is 2. The van der Waals surface area contributed by atoms with Crippen molar-refractivity contribution in [2.45, 2.75) is 109 Å². The summed E-state index contributed by atoms with van der Waals surface area (Å²) in [4.78, 5) is 26.6. The number of ether oxygens (including phenoxy) is 5. The predicted molar refractivity (Wildman–Crippen MR) is 234 cm³/mol. The molecule has 0 bridgehead atoms. The Balaban J connectivity index is 1.44. The van der Waals surface area contributed by atoms with Gasteiger partial charge in [-0.05, 0) is 107 Å². The molecule has 1 amide bonds. The second-order valence-corrected chi connectivity index (χ2v) is 17.3. The molecule has 2 aliphatic carbocycles. The van der Waals surface area contributed by atoms with Gasteiger partial charge in [0.2, 0.25) is 5.79 Å². The largest absolute Gasteiger partial charge is 0.487 e. The number of aryl methyl sites for hydroxylation is 1. The lowest BCUT2D eigenvalue weighted by atomic mass is 9.55. The SMILES string of the molecule is C=CCO[C@@]12Oc3ccc(OCc4cccc(C)n4)cc3[C@H]3[C@H](CCCCO)[C@@H](CCCCO)C=C(C(=NOC(C)(C)C)C[C@@H]1N(C)C(=O)OCCOCc1ccccc1)[C@H]32. The number of fused-ring (bicyclic) bond motifs is 2. The Labute approximate surface area is 361 Å². The minimum absolute atomic E-state index is 0.0571.